The van der Waals surface area contributed by atoms with E-state index in [1.807, 2.05) is 42.5 Å². The molecule has 0 saturated carbocycles. The van der Waals surface area contributed by atoms with Crippen molar-refractivity contribution in [1.29, 1.82) is 0 Å². The molecule has 3 aromatic carbocycles. The average molecular weight is 379 g/mol. The van der Waals surface area contributed by atoms with Crippen LogP contribution in [-0.2, 0) is 4.79 Å². The molecule has 0 atom stereocenters. The molecule has 0 aliphatic rings. The van der Waals surface area contributed by atoms with Crippen molar-refractivity contribution in [2.75, 3.05) is 18.9 Å². The molecule has 0 fully saturated rings. The number of benzene rings is 3. The monoisotopic (exact) mass is 378 g/mol. The smallest absolute Gasteiger partial charge is 0.254 e. The number of likely N-dealkylation sites (N-methyl/N-ethyl adjacent to an activating group) is 1. The van der Waals surface area contributed by atoms with E-state index in [-0.39, 0.29) is 18.4 Å². The van der Waals surface area contributed by atoms with E-state index in [9.17, 15) is 9.59 Å². The summed E-state index contributed by atoms with van der Waals surface area (Å²) in [5.41, 5.74) is 3.26. The molecule has 0 aliphatic carbocycles. The van der Waals surface area contributed by atoms with Gasteiger partial charge in [0, 0.05) is 23.3 Å². The molecule has 0 radical (unpaired) electrons. The lowest BCUT2D eigenvalue weighted by Gasteiger charge is -2.17. The molecule has 0 saturated heterocycles. The van der Waals surface area contributed by atoms with Crippen molar-refractivity contribution >= 4 is 29.1 Å². The molecule has 2 amide bonds. The lowest BCUT2D eigenvalue weighted by atomic mass is 10.0. The van der Waals surface area contributed by atoms with Gasteiger partial charge >= 0.3 is 0 Å². The summed E-state index contributed by atoms with van der Waals surface area (Å²) in [5, 5.41) is 3.27. The Labute approximate surface area is 163 Å². The third-order valence-electron chi connectivity index (χ3n) is 4.07. The Hall–Kier alpha value is -3.11. The number of carbonyl (C=O) groups excluding carboxylic acids is 2. The highest BCUT2D eigenvalue weighted by molar-refractivity contribution is 6.30. The van der Waals surface area contributed by atoms with Gasteiger partial charge in [-0.3, -0.25) is 9.59 Å². The summed E-state index contributed by atoms with van der Waals surface area (Å²) in [7, 11) is 1.60. The van der Waals surface area contributed by atoms with E-state index in [1.54, 1.807) is 43.4 Å². The van der Waals surface area contributed by atoms with Gasteiger partial charge in [-0.2, -0.15) is 0 Å². The molecule has 136 valence electrons. The molecule has 1 N–H and O–H groups in total. The Morgan fingerprint density at radius 1 is 0.889 bits per heavy atom. The van der Waals surface area contributed by atoms with Gasteiger partial charge in [0.05, 0.1) is 6.54 Å². The summed E-state index contributed by atoms with van der Waals surface area (Å²) in [6.07, 6.45) is 0. The fraction of sp³-hybridized carbons (Fsp3) is 0.0909. The van der Waals surface area contributed by atoms with Gasteiger partial charge in [-0.1, -0.05) is 60.1 Å². The first-order valence-corrected chi connectivity index (χ1v) is 8.87. The van der Waals surface area contributed by atoms with Gasteiger partial charge in [0.15, 0.2) is 0 Å². The number of anilines is 1. The number of carbonyl (C=O) groups is 2. The molecule has 0 bridgehead atoms. The SMILES string of the molecule is CN(CC(=O)Nc1cccc(Cl)c1)C(=O)c1ccc(-c2ccccc2)cc1. The van der Waals surface area contributed by atoms with Gasteiger partial charge in [0.25, 0.3) is 5.91 Å². The van der Waals surface area contributed by atoms with Gasteiger partial charge in [0.2, 0.25) is 5.91 Å². The molecule has 3 aromatic rings. The van der Waals surface area contributed by atoms with Crippen LogP contribution in [0.5, 0.6) is 0 Å². The quantitative estimate of drug-likeness (QED) is 0.698. The zero-order valence-electron chi connectivity index (χ0n) is 14.9. The highest BCUT2D eigenvalue weighted by Crippen LogP contribution is 2.20. The molecule has 4 nitrogen and oxygen atoms in total. The minimum absolute atomic E-state index is 0.0498. The van der Waals surface area contributed by atoms with Crippen LogP contribution in [0, 0.1) is 0 Å². The fourth-order valence-corrected chi connectivity index (χ4v) is 2.90. The van der Waals surface area contributed by atoms with Crippen molar-refractivity contribution in [2.24, 2.45) is 0 Å². The zero-order valence-corrected chi connectivity index (χ0v) is 15.6. The first kappa shape index (κ1) is 18.7. The Balaban J connectivity index is 1.62. The van der Waals surface area contributed by atoms with Crippen molar-refractivity contribution in [3.63, 3.8) is 0 Å². The maximum Gasteiger partial charge on any atom is 0.254 e. The van der Waals surface area contributed by atoms with Crippen molar-refractivity contribution < 1.29 is 9.59 Å². The van der Waals surface area contributed by atoms with Crippen molar-refractivity contribution in [3.8, 4) is 11.1 Å². The van der Waals surface area contributed by atoms with Crippen molar-refractivity contribution in [3.05, 3.63) is 89.4 Å². The van der Waals surface area contributed by atoms with Crippen LogP contribution < -0.4 is 5.32 Å². The molecular weight excluding hydrogens is 360 g/mol. The molecule has 0 aliphatic heterocycles. The zero-order chi connectivity index (χ0) is 19.2. The van der Waals surface area contributed by atoms with Crippen LogP contribution in [-0.4, -0.2) is 30.3 Å². The van der Waals surface area contributed by atoms with Crippen LogP contribution >= 0.6 is 11.6 Å². The fourth-order valence-electron chi connectivity index (χ4n) is 2.71. The predicted octanol–water partition coefficient (Wildman–Crippen LogP) is 4.72. The Morgan fingerprint density at radius 2 is 1.56 bits per heavy atom. The molecule has 0 spiro atoms. The van der Waals surface area contributed by atoms with E-state index in [2.05, 4.69) is 5.32 Å². The molecule has 5 heteroatoms. The van der Waals surface area contributed by atoms with Gasteiger partial charge in [-0.25, -0.2) is 0 Å². The lowest BCUT2D eigenvalue weighted by Crippen LogP contribution is -2.34. The molecule has 3 rings (SSSR count). The number of hydrogen-bond donors (Lipinski definition) is 1. The summed E-state index contributed by atoms with van der Waals surface area (Å²) in [4.78, 5) is 26.1. The van der Waals surface area contributed by atoms with Gasteiger partial charge < -0.3 is 10.2 Å². The molecule has 27 heavy (non-hydrogen) atoms. The van der Waals surface area contributed by atoms with E-state index in [4.69, 9.17) is 11.6 Å². The highest BCUT2D eigenvalue weighted by Gasteiger charge is 2.15. The highest BCUT2D eigenvalue weighted by atomic mass is 35.5. The predicted molar refractivity (Wildman–Crippen MR) is 109 cm³/mol. The second-order valence-corrected chi connectivity index (χ2v) is 6.60. The van der Waals surface area contributed by atoms with E-state index in [0.29, 0.717) is 16.3 Å². The third kappa shape index (κ3) is 4.96. The second kappa shape index (κ2) is 8.52. The standard InChI is InChI=1S/C22H19ClN2O2/c1-25(15-21(26)24-20-9-5-8-19(23)14-20)22(27)18-12-10-17(11-13-18)16-6-3-2-4-7-16/h2-14H,15H2,1H3,(H,24,26). The first-order chi connectivity index (χ1) is 13.0. The minimum Gasteiger partial charge on any atom is -0.332 e. The van der Waals surface area contributed by atoms with Crippen LogP contribution in [0.3, 0.4) is 0 Å². The molecule has 0 heterocycles. The average Bonchev–Trinajstić information content (AvgIpc) is 2.68. The Morgan fingerprint density at radius 3 is 2.22 bits per heavy atom. The summed E-state index contributed by atoms with van der Waals surface area (Å²) >= 11 is 5.91. The maximum atomic E-state index is 12.6. The third-order valence-corrected chi connectivity index (χ3v) is 4.31. The van der Waals surface area contributed by atoms with Gasteiger partial charge in [0.1, 0.15) is 0 Å². The van der Waals surface area contributed by atoms with E-state index in [1.165, 1.54) is 4.90 Å². The van der Waals surface area contributed by atoms with Crippen molar-refractivity contribution in [1.82, 2.24) is 4.90 Å². The minimum atomic E-state index is -0.283. The van der Waals surface area contributed by atoms with E-state index >= 15 is 0 Å². The Kier molecular flexibility index (Phi) is 5.89. The number of amides is 2. The van der Waals surface area contributed by atoms with E-state index in [0.717, 1.165) is 11.1 Å². The summed E-state index contributed by atoms with van der Waals surface area (Å²) in [5.74, 6) is -0.495. The normalized spacial score (nSPS) is 10.3. The van der Waals surface area contributed by atoms with E-state index < -0.39 is 0 Å². The molecule has 0 unspecified atom stereocenters. The van der Waals surface area contributed by atoms with Crippen LogP contribution in [0.15, 0.2) is 78.9 Å². The first-order valence-electron chi connectivity index (χ1n) is 8.49. The number of nitrogens with zero attached hydrogens (tertiary/aromatic N) is 1. The summed E-state index contributed by atoms with van der Waals surface area (Å²) in [6.45, 7) is -0.0498. The van der Waals surface area contributed by atoms with Crippen molar-refractivity contribution in [2.45, 2.75) is 0 Å². The topological polar surface area (TPSA) is 49.4 Å². The number of hydrogen-bond acceptors (Lipinski definition) is 2. The number of nitrogens with one attached hydrogen (secondary N) is 1. The molecule has 0 aromatic heterocycles. The van der Waals surface area contributed by atoms with Crippen LogP contribution in [0.1, 0.15) is 10.4 Å². The summed E-state index contributed by atoms with van der Waals surface area (Å²) < 4.78 is 0. The van der Waals surface area contributed by atoms with Gasteiger partial charge in [-0.05, 0) is 41.5 Å². The lowest BCUT2D eigenvalue weighted by molar-refractivity contribution is -0.116. The largest absolute Gasteiger partial charge is 0.332 e. The summed E-state index contributed by atoms with van der Waals surface area (Å²) in [6, 6.07) is 24.2. The Bertz CT molecular complexity index is 940. The van der Waals surface area contributed by atoms with Crippen LogP contribution in [0.4, 0.5) is 5.69 Å². The second-order valence-electron chi connectivity index (χ2n) is 6.16. The van der Waals surface area contributed by atoms with Crippen LogP contribution in [0.25, 0.3) is 11.1 Å². The molecular formula is C22H19ClN2O2. The maximum absolute atomic E-state index is 12.6. The van der Waals surface area contributed by atoms with Gasteiger partial charge in [-0.15, -0.1) is 0 Å². The number of rotatable bonds is 5. The van der Waals surface area contributed by atoms with Crippen LogP contribution in [0.2, 0.25) is 5.02 Å². The number of halogens is 1.